The Balaban J connectivity index is 2.32. The number of aromatic nitrogens is 1. The molecule has 0 bridgehead atoms. The van der Waals surface area contributed by atoms with Crippen LogP contribution in [0.4, 0.5) is 11.5 Å². The molecule has 0 fully saturated rings. The summed E-state index contributed by atoms with van der Waals surface area (Å²) in [6.45, 7) is 0. The zero-order valence-electron chi connectivity index (χ0n) is 9.84. The number of benzene rings is 1. The molecule has 1 aromatic carbocycles. The number of hydrogen-bond acceptors (Lipinski definition) is 4. The van der Waals surface area contributed by atoms with Gasteiger partial charge in [0.1, 0.15) is 5.15 Å². The van der Waals surface area contributed by atoms with Crippen LogP contribution in [0.15, 0.2) is 40.9 Å². The minimum absolute atomic E-state index is 0.0557. The van der Waals surface area contributed by atoms with E-state index in [0.29, 0.717) is 5.56 Å². The van der Waals surface area contributed by atoms with Gasteiger partial charge in [-0.2, -0.15) is 0 Å². The number of anilines is 1. The topological polar surface area (TPSA) is 85.1 Å². The summed E-state index contributed by atoms with van der Waals surface area (Å²) in [5.74, 6) is -0.698. The lowest BCUT2D eigenvalue weighted by atomic mass is 10.2. The lowest BCUT2D eigenvalue weighted by Crippen LogP contribution is -2.14. The maximum Gasteiger partial charge on any atom is 0.311 e. The molecule has 1 N–H and O–H groups in total. The molecule has 2 rings (SSSR count). The zero-order chi connectivity index (χ0) is 14.7. The number of carbonyl (C=O) groups excluding carboxylic acids is 1. The standard InChI is InChI=1S/C12H7BrClN3O3/c13-8-3-1-2-7(6-8)12(18)16-11-9(17(19)20)4-5-10(14)15-11/h1-6H,(H,15,16,18). The molecule has 2 aromatic rings. The van der Waals surface area contributed by atoms with Crippen molar-refractivity contribution in [2.24, 2.45) is 0 Å². The highest BCUT2D eigenvalue weighted by atomic mass is 79.9. The van der Waals surface area contributed by atoms with Crippen molar-refractivity contribution >= 4 is 44.9 Å². The van der Waals surface area contributed by atoms with Gasteiger partial charge in [-0.25, -0.2) is 4.98 Å². The molecule has 1 amide bonds. The summed E-state index contributed by atoms with van der Waals surface area (Å²) in [6.07, 6.45) is 0. The minimum atomic E-state index is -0.639. The van der Waals surface area contributed by atoms with Crippen molar-refractivity contribution in [2.75, 3.05) is 5.32 Å². The molecular formula is C12H7BrClN3O3. The van der Waals surface area contributed by atoms with Crippen LogP contribution in [0.3, 0.4) is 0 Å². The van der Waals surface area contributed by atoms with Gasteiger partial charge < -0.3 is 5.32 Å². The Morgan fingerprint density at radius 2 is 2.10 bits per heavy atom. The third-order valence-corrected chi connectivity index (χ3v) is 3.06. The van der Waals surface area contributed by atoms with Crippen LogP contribution in [-0.2, 0) is 0 Å². The average molecular weight is 357 g/mol. The summed E-state index contributed by atoms with van der Waals surface area (Å²) in [7, 11) is 0. The quantitative estimate of drug-likeness (QED) is 0.516. The number of nitrogens with one attached hydrogen (secondary N) is 1. The molecule has 102 valence electrons. The predicted molar refractivity (Wildman–Crippen MR) is 78.0 cm³/mol. The van der Waals surface area contributed by atoms with Gasteiger partial charge in [0.15, 0.2) is 0 Å². The molecule has 0 aliphatic heterocycles. The Labute approximate surface area is 127 Å². The maximum absolute atomic E-state index is 12.0. The third-order valence-electron chi connectivity index (χ3n) is 2.36. The Kier molecular flexibility index (Phi) is 4.31. The van der Waals surface area contributed by atoms with Gasteiger partial charge in [0, 0.05) is 16.1 Å². The van der Waals surface area contributed by atoms with Gasteiger partial charge in [-0.3, -0.25) is 14.9 Å². The fraction of sp³-hybridized carbons (Fsp3) is 0. The van der Waals surface area contributed by atoms with Gasteiger partial charge in [-0.15, -0.1) is 0 Å². The summed E-state index contributed by atoms with van der Waals surface area (Å²) in [5.41, 5.74) is 0.0215. The van der Waals surface area contributed by atoms with Crippen molar-refractivity contribution in [3.8, 4) is 0 Å². The van der Waals surface area contributed by atoms with E-state index in [-0.39, 0.29) is 16.7 Å². The van der Waals surface area contributed by atoms with Crippen LogP contribution in [0, 0.1) is 10.1 Å². The summed E-state index contributed by atoms with van der Waals surface area (Å²) in [6, 6.07) is 9.08. The molecule has 0 spiro atoms. The van der Waals surface area contributed by atoms with Crippen LogP contribution in [0.5, 0.6) is 0 Å². The number of carbonyl (C=O) groups is 1. The van der Waals surface area contributed by atoms with E-state index in [1.165, 1.54) is 12.1 Å². The number of hydrogen-bond donors (Lipinski definition) is 1. The van der Waals surface area contributed by atoms with E-state index in [1.807, 2.05) is 0 Å². The molecule has 0 unspecified atom stereocenters. The van der Waals surface area contributed by atoms with E-state index >= 15 is 0 Å². The Hall–Kier alpha value is -1.99. The van der Waals surface area contributed by atoms with Crippen LogP contribution < -0.4 is 5.32 Å². The van der Waals surface area contributed by atoms with E-state index in [0.717, 1.165) is 4.47 Å². The largest absolute Gasteiger partial charge is 0.311 e. The first-order chi connectivity index (χ1) is 9.47. The number of halogens is 2. The number of nitrogens with zero attached hydrogens (tertiary/aromatic N) is 2. The van der Waals surface area contributed by atoms with Gasteiger partial charge in [-0.1, -0.05) is 33.6 Å². The van der Waals surface area contributed by atoms with Crippen LogP contribution in [0.2, 0.25) is 5.15 Å². The minimum Gasteiger partial charge on any atom is -0.301 e. The van der Waals surface area contributed by atoms with Gasteiger partial charge in [0.2, 0.25) is 5.82 Å². The highest BCUT2D eigenvalue weighted by Gasteiger charge is 2.18. The molecule has 8 heteroatoms. The molecule has 1 heterocycles. The number of pyridine rings is 1. The summed E-state index contributed by atoms with van der Waals surface area (Å²) >= 11 is 8.92. The highest BCUT2D eigenvalue weighted by Crippen LogP contribution is 2.24. The van der Waals surface area contributed by atoms with Crippen LogP contribution in [0.1, 0.15) is 10.4 Å². The smallest absolute Gasteiger partial charge is 0.301 e. The summed E-state index contributed by atoms with van der Waals surface area (Å²) in [4.78, 5) is 26.0. The lowest BCUT2D eigenvalue weighted by Gasteiger charge is -2.05. The van der Waals surface area contributed by atoms with Crippen LogP contribution in [-0.4, -0.2) is 15.8 Å². The second kappa shape index (κ2) is 5.98. The van der Waals surface area contributed by atoms with E-state index in [4.69, 9.17) is 11.6 Å². The van der Waals surface area contributed by atoms with E-state index in [2.05, 4.69) is 26.2 Å². The van der Waals surface area contributed by atoms with Gasteiger partial charge in [0.05, 0.1) is 4.92 Å². The maximum atomic E-state index is 12.0. The summed E-state index contributed by atoms with van der Waals surface area (Å²) in [5, 5.41) is 13.3. The molecule has 6 nitrogen and oxygen atoms in total. The molecule has 0 saturated carbocycles. The first-order valence-corrected chi connectivity index (χ1v) is 6.52. The monoisotopic (exact) mass is 355 g/mol. The molecule has 0 radical (unpaired) electrons. The Bertz CT molecular complexity index is 693. The SMILES string of the molecule is O=C(Nc1nc(Cl)ccc1[N+](=O)[O-])c1cccc(Br)c1. The van der Waals surface area contributed by atoms with Crippen LogP contribution >= 0.6 is 27.5 Å². The van der Waals surface area contributed by atoms with E-state index in [9.17, 15) is 14.9 Å². The number of amides is 1. The van der Waals surface area contributed by atoms with Crippen molar-refractivity contribution in [3.05, 3.63) is 61.7 Å². The first kappa shape index (κ1) is 14.4. The van der Waals surface area contributed by atoms with Crippen LogP contribution in [0.25, 0.3) is 0 Å². The summed E-state index contributed by atoms with van der Waals surface area (Å²) < 4.78 is 0.721. The molecule has 1 aromatic heterocycles. The molecule has 0 aliphatic rings. The molecule has 0 saturated heterocycles. The third kappa shape index (κ3) is 3.31. The number of nitro groups is 1. The fourth-order valence-corrected chi connectivity index (χ4v) is 2.02. The van der Waals surface area contributed by atoms with Crippen molar-refractivity contribution in [3.63, 3.8) is 0 Å². The number of rotatable bonds is 3. The second-order valence-electron chi connectivity index (χ2n) is 3.72. The van der Waals surface area contributed by atoms with Crippen molar-refractivity contribution in [2.45, 2.75) is 0 Å². The van der Waals surface area contributed by atoms with Crippen molar-refractivity contribution in [1.29, 1.82) is 0 Å². The first-order valence-electron chi connectivity index (χ1n) is 5.35. The molecular weight excluding hydrogens is 350 g/mol. The van der Waals surface area contributed by atoms with Crippen molar-refractivity contribution in [1.82, 2.24) is 4.98 Å². The van der Waals surface area contributed by atoms with Gasteiger partial charge in [0.25, 0.3) is 5.91 Å². The average Bonchev–Trinajstić information content (AvgIpc) is 2.38. The fourth-order valence-electron chi connectivity index (χ4n) is 1.48. The Morgan fingerprint density at radius 3 is 2.75 bits per heavy atom. The molecule has 20 heavy (non-hydrogen) atoms. The normalized spacial score (nSPS) is 10.1. The molecule has 0 aliphatic carbocycles. The van der Waals surface area contributed by atoms with E-state index in [1.54, 1.807) is 24.3 Å². The highest BCUT2D eigenvalue weighted by molar-refractivity contribution is 9.10. The second-order valence-corrected chi connectivity index (χ2v) is 5.03. The predicted octanol–water partition coefficient (Wildman–Crippen LogP) is 3.66. The zero-order valence-corrected chi connectivity index (χ0v) is 12.2. The lowest BCUT2D eigenvalue weighted by molar-refractivity contribution is -0.384. The van der Waals surface area contributed by atoms with Crippen molar-refractivity contribution < 1.29 is 9.72 Å². The molecule has 0 atom stereocenters. The van der Waals surface area contributed by atoms with Gasteiger partial charge >= 0.3 is 5.69 Å². The Morgan fingerprint density at radius 1 is 1.35 bits per heavy atom. The van der Waals surface area contributed by atoms with Gasteiger partial charge in [-0.05, 0) is 24.3 Å². The van der Waals surface area contributed by atoms with E-state index < -0.39 is 10.8 Å².